The highest BCUT2D eigenvalue weighted by molar-refractivity contribution is 7.92. The minimum absolute atomic E-state index is 0.183. The molecule has 0 unspecified atom stereocenters. The van der Waals surface area contributed by atoms with E-state index in [1.54, 1.807) is 60.9 Å². The number of sulfonamides is 1. The number of rotatable bonds is 9. The SMILES string of the molecule is COc1ccc(C)c2sc(N3CCN(CCNC(=O)c4ccc(NS(=O)(=O)c5ccccc5)cc4)CC3)nc12. The van der Waals surface area contributed by atoms with Crippen molar-refractivity contribution in [1.82, 2.24) is 15.2 Å². The second kappa shape index (κ2) is 11.6. The van der Waals surface area contributed by atoms with Crippen molar-refractivity contribution in [2.75, 3.05) is 56.0 Å². The van der Waals surface area contributed by atoms with Gasteiger partial charge < -0.3 is 15.0 Å². The number of aryl methyl sites for hydroxylation is 1. The monoisotopic (exact) mass is 565 g/mol. The number of benzene rings is 3. The van der Waals surface area contributed by atoms with E-state index in [9.17, 15) is 13.2 Å². The molecule has 0 spiro atoms. The van der Waals surface area contributed by atoms with E-state index in [1.165, 1.54) is 17.7 Å². The summed E-state index contributed by atoms with van der Waals surface area (Å²) in [6.45, 7) is 6.89. The van der Waals surface area contributed by atoms with Crippen LogP contribution in [0.1, 0.15) is 15.9 Å². The predicted octanol–water partition coefficient (Wildman–Crippen LogP) is 3.97. The minimum atomic E-state index is -3.68. The largest absolute Gasteiger partial charge is 0.494 e. The average molecular weight is 566 g/mol. The molecule has 0 atom stereocenters. The van der Waals surface area contributed by atoms with Crippen LogP contribution in [-0.2, 0) is 10.0 Å². The number of ether oxygens (including phenoxy) is 1. The van der Waals surface area contributed by atoms with E-state index in [2.05, 4.69) is 32.8 Å². The Morgan fingerprint density at radius 2 is 1.72 bits per heavy atom. The molecule has 39 heavy (non-hydrogen) atoms. The summed E-state index contributed by atoms with van der Waals surface area (Å²) in [6.07, 6.45) is 0. The summed E-state index contributed by atoms with van der Waals surface area (Å²) in [5, 5.41) is 3.98. The van der Waals surface area contributed by atoms with Crippen molar-refractivity contribution in [3.63, 3.8) is 0 Å². The van der Waals surface area contributed by atoms with Gasteiger partial charge in [0.1, 0.15) is 11.3 Å². The maximum absolute atomic E-state index is 12.6. The molecule has 0 bridgehead atoms. The van der Waals surface area contributed by atoms with Gasteiger partial charge in [-0.3, -0.25) is 14.4 Å². The van der Waals surface area contributed by atoms with E-state index in [-0.39, 0.29) is 10.8 Å². The first-order valence-electron chi connectivity index (χ1n) is 12.7. The number of anilines is 2. The van der Waals surface area contributed by atoms with Crippen LogP contribution < -0.4 is 19.7 Å². The van der Waals surface area contributed by atoms with Crippen molar-refractivity contribution in [2.45, 2.75) is 11.8 Å². The van der Waals surface area contributed by atoms with E-state index >= 15 is 0 Å². The van der Waals surface area contributed by atoms with Gasteiger partial charge in [-0.25, -0.2) is 13.4 Å². The maximum atomic E-state index is 12.6. The fraction of sp³-hybridized carbons (Fsp3) is 0.286. The number of methoxy groups -OCH3 is 1. The van der Waals surface area contributed by atoms with Crippen LogP contribution in [-0.4, -0.2) is 70.6 Å². The van der Waals surface area contributed by atoms with Gasteiger partial charge in [0.2, 0.25) is 0 Å². The summed E-state index contributed by atoms with van der Waals surface area (Å²) < 4.78 is 34.2. The van der Waals surface area contributed by atoms with Gasteiger partial charge in [-0.2, -0.15) is 0 Å². The van der Waals surface area contributed by atoms with Crippen molar-refractivity contribution < 1.29 is 17.9 Å². The van der Waals surface area contributed by atoms with Crippen LogP contribution in [0.3, 0.4) is 0 Å². The van der Waals surface area contributed by atoms with Crippen LogP contribution in [0.15, 0.2) is 71.6 Å². The Balaban J connectivity index is 1.09. The van der Waals surface area contributed by atoms with Crippen LogP contribution in [0, 0.1) is 6.92 Å². The molecular formula is C28H31N5O4S2. The number of carbonyl (C=O) groups excluding carboxylic acids is 1. The van der Waals surface area contributed by atoms with E-state index in [4.69, 9.17) is 9.72 Å². The van der Waals surface area contributed by atoms with Gasteiger partial charge in [0.15, 0.2) is 5.13 Å². The lowest BCUT2D eigenvalue weighted by molar-refractivity contribution is 0.0948. The smallest absolute Gasteiger partial charge is 0.261 e. The molecule has 2 heterocycles. The first-order chi connectivity index (χ1) is 18.8. The van der Waals surface area contributed by atoms with Crippen LogP contribution in [0.2, 0.25) is 0 Å². The molecule has 0 radical (unpaired) electrons. The normalized spacial score (nSPS) is 14.4. The number of hydrogen-bond acceptors (Lipinski definition) is 8. The van der Waals surface area contributed by atoms with E-state index in [1.807, 2.05) is 6.07 Å². The first-order valence-corrected chi connectivity index (χ1v) is 15.0. The molecule has 2 N–H and O–H groups in total. The minimum Gasteiger partial charge on any atom is -0.494 e. The average Bonchev–Trinajstić information content (AvgIpc) is 3.41. The Morgan fingerprint density at radius 3 is 2.41 bits per heavy atom. The number of carbonyl (C=O) groups is 1. The van der Waals surface area contributed by atoms with Gasteiger partial charge in [-0.15, -0.1) is 0 Å². The van der Waals surface area contributed by atoms with Crippen molar-refractivity contribution >= 4 is 48.3 Å². The molecule has 1 aliphatic rings. The summed E-state index contributed by atoms with van der Waals surface area (Å²) in [5.74, 6) is 0.612. The number of nitrogens with zero attached hydrogens (tertiary/aromatic N) is 3. The Kier molecular flexibility index (Phi) is 8.01. The van der Waals surface area contributed by atoms with Crippen molar-refractivity contribution in [2.24, 2.45) is 0 Å². The maximum Gasteiger partial charge on any atom is 0.261 e. The molecule has 204 valence electrons. The topological polar surface area (TPSA) is 104 Å². The summed E-state index contributed by atoms with van der Waals surface area (Å²) in [4.78, 5) is 22.3. The predicted molar refractivity (Wildman–Crippen MR) is 156 cm³/mol. The third-order valence-electron chi connectivity index (χ3n) is 6.72. The second-order valence-electron chi connectivity index (χ2n) is 9.34. The molecule has 1 saturated heterocycles. The molecule has 0 aliphatic carbocycles. The summed E-state index contributed by atoms with van der Waals surface area (Å²) in [6, 6.07) is 18.6. The van der Waals surface area contributed by atoms with Crippen LogP contribution >= 0.6 is 11.3 Å². The quantitative estimate of drug-likeness (QED) is 0.317. The van der Waals surface area contributed by atoms with Gasteiger partial charge >= 0.3 is 0 Å². The molecule has 1 aliphatic heterocycles. The van der Waals surface area contributed by atoms with E-state index in [0.717, 1.165) is 53.8 Å². The lowest BCUT2D eigenvalue weighted by Crippen LogP contribution is -2.48. The second-order valence-corrected chi connectivity index (χ2v) is 12.0. The molecule has 3 aromatic carbocycles. The molecule has 1 amide bonds. The third kappa shape index (κ3) is 6.16. The van der Waals surface area contributed by atoms with Gasteiger partial charge in [0.25, 0.3) is 15.9 Å². The molecular weight excluding hydrogens is 534 g/mol. The number of aromatic nitrogens is 1. The Labute approximate surface area is 232 Å². The Bertz CT molecular complexity index is 1550. The summed E-state index contributed by atoms with van der Waals surface area (Å²) in [7, 11) is -2.00. The zero-order valence-electron chi connectivity index (χ0n) is 21.9. The summed E-state index contributed by atoms with van der Waals surface area (Å²) in [5.41, 5.74) is 3.00. The molecule has 11 heteroatoms. The van der Waals surface area contributed by atoms with Crippen molar-refractivity contribution in [1.29, 1.82) is 0 Å². The Hall–Kier alpha value is -3.67. The van der Waals surface area contributed by atoms with Gasteiger partial charge in [-0.1, -0.05) is 35.6 Å². The number of thiazole rings is 1. The number of amides is 1. The van der Waals surface area contributed by atoms with Gasteiger partial charge in [-0.05, 0) is 55.0 Å². The summed E-state index contributed by atoms with van der Waals surface area (Å²) >= 11 is 1.70. The number of nitrogens with one attached hydrogen (secondary N) is 2. The standard InChI is InChI=1S/C28H31N5O4S2/c1-20-8-13-24(37-2)25-26(20)38-28(30-25)33-18-16-32(17-19-33)15-14-29-27(34)21-9-11-22(12-10-21)31-39(35,36)23-6-4-3-5-7-23/h3-13,31H,14-19H2,1-2H3,(H,29,34). The molecule has 0 saturated carbocycles. The molecule has 4 aromatic rings. The fourth-order valence-electron chi connectivity index (χ4n) is 4.49. The van der Waals surface area contributed by atoms with Gasteiger partial charge in [0, 0.05) is 50.5 Å². The lowest BCUT2D eigenvalue weighted by Gasteiger charge is -2.34. The zero-order valence-corrected chi connectivity index (χ0v) is 23.5. The number of piperazine rings is 1. The number of fused-ring (bicyclic) bond motifs is 1. The lowest BCUT2D eigenvalue weighted by atomic mass is 10.2. The highest BCUT2D eigenvalue weighted by atomic mass is 32.2. The van der Waals surface area contributed by atoms with Crippen molar-refractivity contribution in [3.8, 4) is 5.75 Å². The molecule has 9 nitrogen and oxygen atoms in total. The van der Waals surface area contributed by atoms with Crippen molar-refractivity contribution in [3.05, 3.63) is 77.9 Å². The third-order valence-corrected chi connectivity index (χ3v) is 9.37. The Morgan fingerprint density at radius 1 is 1.00 bits per heavy atom. The van der Waals surface area contributed by atoms with E-state index < -0.39 is 10.0 Å². The fourth-order valence-corrected chi connectivity index (χ4v) is 6.68. The first kappa shape index (κ1) is 26.9. The van der Waals surface area contributed by atoms with E-state index in [0.29, 0.717) is 17.8 Å². The van der Waals surface area contributed by atoms with Gasteiger partial charge in [0.05, 0.1) is 16.7 Å². The van der Waals surface area contributed by atoms with Crippen LogP contribution in [0.4, 0.5) is 10.8 Å². The van der Waals surface area contributed by atoms with Crippen LogP contribution in [0.25, 0.3) is 10.2 Å². The number of hydrogen-bond donors (Lipinski definition) is 2. The molecule has 1 aromatic heterocycles. The van der Waals surface area contributed by atoms with Crippen LogP contribution in [0.5, 0.6) is 5.75 Å². The zero-order chi connectivity index (χ0) is 27.4. The molecule has 5 rings (SSSR count). The molecule has 1 fully saturated rings. The highest BCUT2D eigenvalue weighted by Gasteiger charge is 2.21. The highest BCUT2D eigenvalue weighted by Crippen LogP contribution is 2.36.